The molecular formula is C15H17N5O3. The highest BCUT2D eigenvalue weighted by atomic mass is 16.6. The number of ether oxygens (including phenoxy) is 1. The maximum absolute atomic E-state index is 11.0. The number of anilines is 2. The lowest BCUT2D eigenvalue weighted by atomic mass is 10.2. The molecule has 0 amide bonds. The number of nitrogens with one attached hydrogen (secondary N) is 1. The molecule has 0 saturated carbocycles. The summed E-state index contributed by atoms with van der Waals surface area (Å²) < 4.78 is 5.34. The molecule has 8 nitrogen and oxygen atoms in total. The van der Waals surface area contributed by atoms with Gasteiger partial charge in [-0.2, -0.15) is 0 Å². The van der Waals surface area contributed by atoms with Crippen LogP contribution in [0, 0.1) is 10.1 Å². The van der Waals surface area contributed by atoms with Gasteiger partial charge in [-0.25, -0.2) is 9.97 Å². The quantitative estimate of drug-likeness (QED) is 0.664. The van der Waals surface area contributed by atoms with Gasteiger partial charge in [-0.1, -0.05) is 0 Å². The number of pyridine rings is 2. The van der Waals surface area contributed by atoms with Crippen molar-refractivity contribution in [2.75, 3.05) is 36.5 Å². The van der Waals surface area contributed by atoms with Crippen LogP contribution < -0.4 is 10.2 Å². The van der Waals surface area contributed by atoms with E-state index in [0.717, 1.165) is 24.5 Å². The van der Waals surface area contributed by atoms with Crippen molar-refractivity contribution in [3.8, 4) is 0 Å². The lowest BCUT2D eigenvalue weighted by Crippen LogP contribution is -2.36. The maximum Gasteiger partial charge on any atom is 0.311 e. The molecule has 0 bridgehead atoms. The molecule has 1 fully saturated rings. The Hall–Kier alpha value is -2.74. The molecule has 120 valence electrons. The van der Waals surface area contributed by atoms with E-state index in [-0.39, 0.29) is 11.5 Å². The first-order chi connectivity index (χ1) is 11.2. The summed E-state index contributed by atoms with van der Waals surface area (Å²) in [5, 5.41) is 14.0. The number of nitro groups is 1. The van der Waals surface area contributed by atoms with E-state index in [1.165, 1.54) is 12.3 Å². The Bertz CT molecular complexity index is 688. The van der Waals surface area contributed by atoms with Crippen LogP contribution in [0.5, 0.6) is 0 Å². The summed E-state index contributed by atoms with van der Waals surface area (Å²) in [5.41, 5.74) is 0.955. The molecule has 23 heavy (non-hydrogen) atoms. The number of hydrogen-bond donors (Lipinski definition) is 1. The lowest BCUT2D eigenvalue weighted by molar-refractivity contribution is -0.384. The van der Waals surface area contributed by atoms with Gasteiger partial charge in [-0.3, -0.25) is 10.1 Å². The summed E-state index contributed by atoms with van der Waals surface area (Å²) in [6.45, 7) is 3.47. The first-order valence-corrected chi connectivity index (χ1v) is 7.35. The van der Waals surface area contributed by atoms with Crippen LogP contribution in [0.15, 0.2) is 36.7 Å². The van der Waals surface area contributed by atoms with E-state index in [1.807, 2.05) is 12.1 Å². The summed E-state index contributed by atoms with van der Waals surface area (Å²) in [5.74, 6) is 1.16. The van der Waals surface area contributed by atoms with Crippen LogP contribution in [-0.4, -0.2) is 41.2 Å². The first-order valence-electron chi connectivity index (χ1n) is 7.35. The minimum Gasteiger partial charge on any atom is -0.378 e. The van der Waals surface area contributed by atoms with Crippen LogP contribution in [0.4, 0.5) is 17.3 Å². The highest BCUT2D eigenvalue weighted by Crippen LogP contribution is 2.21. The van der Waals surface area contributed by atoms with E-state index in [1.54, 1.807) is 12.3 Å². The summed E-state index contributed by atoms with van der Waals surface area (Å²) >= 11 is 0. The normalized spacial score (nSPS) is 14.5. The van der Waals surface area contributed by atoms with E-state index in [2.05, 4.69) is 20.2 Å². The molecule has 0 atom stereocenters. The molecule has 0 aromatic carbocycles. The molecule has 0 spiro atoms. The number of nitrogens with zero attached hydrogens (tertiary/aromatic N) is 4. The third-order valence-electron chi connectivity index (χ3n) is 3.59. The molecule has 0 radical (unpaired) electrons. The minimum atomic E-state index is -0.443. The standard InChI is InChI=1S/C15H17N5O3/c21-20(22)13-2-1-4-17-15(13)18-11-12-3-5-16-14(10-12)19-6-8-23-9-7-19/h1-5,10H,6-9,11H2,(H,17,18). The second-order valence-corrected chi connectivity index (χ2v) is 5.10. The zero-order valence-electron chi connectivity index (χ0n) is 12.5. The van der Waals surface area contributed by atoms with Crippen LogP contribution in [0.25, 0.3) is 0 Å². The fourth-order valence-electron chi connectivity index (χ4n) is 2.40. The highest BCUT2D eigenvalue weighted by Gasteiger charge is 2.15. The van der Waals surface area contributed by atoms with E-state index < -0.39 is 4.92 Å². The van der Waals surface area contributed by atoms with Crippen molar-refractivity contribution in [2.24, 2.45) is 0 Å². The summed E-state index contributed by atoms with van der Waals surface area (Å²) in [6, 6.07) is 6.84. The van der Waals surface area contributed by atoms with Crippen molar-refractivity contribution in [3.05, 3.63) is 52.3 Å². The number of rotatable bonds is 5. The average Bonchev–Trinajstić information content (AvgIpc) is 2.61. The molecular weight excluding hydrogens is 298 g/mol. The van der Waals surface area contributed by atoms with Crippen molar-refractivity contribution in [2.45, 2.75) is 6.54 Å². The SMILES string of the molecule is O=[N+]([O-])c1cccnc1NCc1ccnc(N2CCOCC2)c1. The van der Waals surface area contributed by atoms with Gasteiger partial charge in [0.1, 0.15) is 5.82 Å². The molecule has 1 aliphatic heterocycles. The maximum atomic E-state index is 11.0. The van der Waals surface area contributed by atoms with E-state index >= 15 is 0 Å². The van der Waals surface area contributed by atoms with Crippen LogP contribution in [0.3, 0.4) is 0 Å². The Kier molecular flexibility index (Phi) is 4.62. The van der Waals surface area contributed by atoms with Gasteiger partial charge in [0.15, 0.2) is 0 Å². The Morgan fingerprint density at radius 2 is 2.09 bits per heavy atom. The summed E-state index contributed by atoms with van der Waals surface area (Å²) in [4.78, 5) is 21.1. The fraction of sp³-hybridized carbons (Fsp3) is 0.333. The fourth-order valence-corrected chi connectivity index (χ4v) is 2.40. The molecule has 2 aromatic rings. The van der Waals surface area contributed by atoms with Gasteiger partial charge in [-0.15, -0.1) is 0 Å². The molecule has 0 aliphatic carbocycles. The molecule has 0 unspecified atom stereocenters. The van der Waals surface area contributed by atoms with Gasteiger partial charge in [0.2, 0.25) is 5.82 Å². The van der Waals surface area contributed by atoms with Crippen molar-refractivity contribution in [1.29, 1.82) is 0 Å². The molecule has 8 heteroatoms. The first kappa shape index (κ1) is 15.2. The average molecular weight is 315 g/mol. The molecule has 3 rings (SSSR count). The Labute approximate surface area is 133 Å². The van der Waals surface area contributed by atoms with Crippen LogP contribution >= 0.6 is 0 Å². The minimum absolute atomic E-state index is 0.0324. The summed E-state index contributed by atoms with van der Waals surface area (Å²) in [7, 11) is 0. The number of aromatic nitrogens is 2. The largest absolute Gasteiger partial charge is 0.378 e. The van der Waals surface area contributed by atoms with Crippen molar-refractivity contribution in [3.63, 3.8) is 0 Å². The zero-order chi connectivity index (χ0) is 16.1. The number of morpholine rings is 1. The van der Waals surface area contributed by atoms with Crippen molar-refractivity contribution >= 4 is 17.3 Å². The van der Waals surface area contributed by atoms with Gasteiger partial charge in [0.25, 0.3) is 0 Å². The third kappa shape index (κ3) is 3.72. The molecule has 1 aliphatic rings. The Balaban J connectivity index is 1.70. The second kappa shape index (κ2) is 7.01. The molecule has 2 aromatic heterocycles. The van der Waals surface area contributed by atoms with Crippen molar-refractivity contribution < 1.29 is 9.66 Å². The molecule has 3 heterocycles. The lowest BCUT2D eigenvalue weighted by Gasteiger charge is -2.28. The highest BCUT2D eigenvalue weighted by molar-refractivity contribution is 5.55. The van der Waals surface area contributed by atoms with Crippen LogP contribution in [0.2, 0.25) is 0 Å². The van der Waals surface area contributed by atoms with Crippen molar-refractivity contribution in [1.82, 2.24) is 9.97 Å². The Morgan fingerprint density at radius 1 is 1.26 bits per heavy atom. The molecule has 1 saturated heterocycles. The topological polar surface area (TPSA) is 93.4 Å². The van der Waals surface area contributed by atoms with Gasteiger partial charge in [0.05, 0.1) is 18.1 Å². The van der Waals surface area contributed by atoms with Gasteiger partial charge < -0.3 is 15.0 Å². The predicted molar refractivity (Wildman–Crippen MR) is 85.5 cm³/mol. The monoisotopic (exact) mass is 315 g/mol. The van der Waals surface area contributed by atoms with E-state index in [4.69, 9.17) is 4.74 Å². The van der Waals surface area contributed by atoms with E-state index in [9.17, 15) is 10.1 Å². The van der Waals surface area contributed by atoms with Crippen LogP contribution in [-0.2, 0) is 11.3 Å². The summed E-state index contributed by atoms with van der Waals surface area (Å²) in [6.07, 6.45) is 3.27. The third-order valence-corrected chi connectivity index (χ3v) is 3.59. The van der Waals surface area contributed by atoms with Gasteiger partial charge >= 0.3 is 5.69 Å². The number of hydrogen-bond acceptors (Lipinski definition) is 7. The van der Waals surface area contributed by atoms with Crippen LogP contribution in [0.1, 0.15) is 5.56 Å². The Morgan fingerprint density at radius 3 is 2.87 bits per heavy atom. The second-order valence-electron chi connectivity index (χ2n) is 5.10. The van der Waals surface area contributed by atoms with Gasteiger partial charge in [-0.05, 0) is 23.8 Å². The predicted octanol–water partition coefficient (Wildman–Crippen LogP) is 1.83. The van der Waals surface area contributed by atoms with E-state index in [0.29, 0.717) is 19.8 Å². The molecule has 1 N–H and O–H groups in total. The zero-order valence-corrected chi connectivity index (χ0v) is 12.5. The van der Waals surface area contributed by atoms with Gasteiger partial charge in [0, 0.05) is 38.1 Å². The smallest absolute Gasteiger partial charge is 0.311 e.